The fraction of sp³-hybridized carbons (Fsp3) is 0. The van der Waals surface area contributed by atoms with E-state index in [1.165, 1.54) is 0 Å². The normalized spacial score (nSPS) is 9.89. The molecule has 0 aliphatic rings. The highest BCUT2D eigenvalue weighted by molar-refractivity contribution is 6.30. The van der Waals surface area contributed by atoms with Crippen LogP contribution < -0.4 is 10.4 Å². The van der Waals surface area contributed by atoms with E-state index >= 15 is 0 Å². The van der Waals surface area contributed by atoms with Crippen LogP contribution in [0.1, 0.15) is 0 Å². The second-order valence-electron chi connectivity index (χ2n) is 3.59. The van der Waals surface area contributed by atoms with E-state index in [0.717, 1.165) is 0 Å². The van der Waals surface area contributed by atoms with Crippen molar-refractivity contribution in [2.24, 2.45) is 0 Å². The Kier molecular flexibility index (Phi) is 3.82. The predicted molar refractivity (Wildman–Crippen MR) is 71.2 cm³/mol. The number of hydrogen-bond donors (Lipinski definition) is 2. The van der Waals surface area contributed by atoms with Gasteiger partial charge < -0.3 is 5.32 Å². The van der Waals surface area contributed by atoms with Gasteiger partial charge in [0.05, 0.1) is 5.69 Å². The van der Waals surface area contributed by atoms with Crippen LogP contribution in [-0.4, -0.2) is 11.2 Å². The van der Waals surface area contributed by atoms with Crippen LogP contribution in [0.15, 0.2) is 54.6 Å². The molecule has 2 rings (SSSR count). The largest absolute Gasteiger partial charge is 0.350 e. The van der Waals surface area contributed by atoms with Crippen molar-refractivity contribution in [1.29, 1.82) is 0 Å². The van der Waals surface area contributed by atoms with E-state index in [9.17, 15) is 10.0 Å². The first-order valence-corrected chi connectivity index (χ1v) is 5.65. The van der Waals surface area contributed by atoms with Gasteiger partial charge in [0.1, 0.15) is 0 Å². The molecule has 0 spiro atoms. The van der Waals surface area contributed by atoms with Gasteiger partial charge in [-0.05, 0) is 30.3 Å². The third-order valence-electron chi connectivity index (χ3n) is 2.27. The Labute approximate surface area is 109 Å². The van der Waals surface area contributed by atoms with Gasteiger partial charge in [-0.1, -0.05) is 35.9 Å². The highest BCUT2D eigenvalue weighted by Gasteiger charge is 2.12. The van der Waals surface area contributed by atoms with Crippen LogP contribution in [0, 0.1) is 0 Å². The zero-order chi connectivity index (χ0) is 13.0. The number of nitrogens with one attached hydrogen (secondary N) is 1. The molecule has 2 amide bonds. The standard InChI is InChI=1S/C13H11ClN2O2/c14-10-5-4-6-11(9-10)15-13(17)16(18)12-7-2-1-3-8-12/h1-9,18H,(H,15,17). The van der Waals surface area contributed by atoms with Gasteiger partial charge in [0.2, 0.25) is 0 Å². The van der Waals surface area contributed by atoms with Crippen LogP contribution in [0.25, 0.3) is 0 Å². The first-order valence-electron chi connectivity index (χ1n) is 5.27. The fourth-order valence-corrected chi connectivity index (χ4v) is 1.62. The highest BCUT2D eigenvalue weighted by atomic mass is 35.5. The van der Waals surface area contributed by atoms with Crippen LogP contribution in [-0.2, 0) is 0 Å². The van der Waals surface area contributed by atoms with Crippen LogP contribution in [0.3, 0.4) is 0 Å². The molecule has 0 radical (unpaired) electrons. The molecule has 0 atom stereocenters. The predicted octanol–water partition coefficient (Wildman–Crippen LogP) is 3.77. The lowest BCUT2D eigenvalue weighted by atomic mass is 10.3. The summed E-state index contributed by atoms with van der Waals surface area (Å²) in [6, 6.07) is 14.5. The smallest absolute Gasteiger partial charge is 0.306 e. The van der Waals surface area contributed by atoms with E-state index in [0.29, 0.717) is 21.5 Å². The number of para-hydroxylation sites is 1. The Hall–Kier alpha value is -2.04. The molecule has 0 fully saturated rings. The molecule has 2 N–H and O–H groups in total. The van der Waals surface area contributed by atoms with Crippen molar-refractivity contribution in [2.45, 2.75) is 0 Å². The Balaban J connectivity index is 2.09. The minimum Gasteiger partial charge on any atom is -0.306 e. The van der Waals surface area contributed by atoms with Gasteiger partial charge in [-0.3, -0.25) is 5.21 Å². The molecule has 0 aromatic heterocycles. The summed E-state index contributed by atoms with van der Waals surface area (Å²) in [7, 11) is 0. The molecular formula is C13H11ClN2O2. The van der Waals surface area contributed by atoms with Crippen molar-refractivity contribution in [3.8, 4) is 0 Å². The Bertz CT molecular complexity index is 546. The molecule has 0 heterocycles. The van der Waals surface area contributed by atoms with Crippen molar-refractivity contribution in [1.82, 2.24) is 0 Å². The maximum absolute atomic E-state index is 11.7. The molecule has 0 aliphatic carbocycles. The van der Waals surface area contributed by atoms with Gasteiger partial charge in [0.15, 0.2) is 0 Å². The monoisotopic (exact) mass is 262 g/mol. The Morgan fingerprint density at radius 3 is 2.50 bits per heavy atom. The van der Waals surface area contributed by atoms with Gasteiger partial charge in [-0.2, -0.15) is 5.06 Å². The van der Waals surface area contributed by atoms with E-state index in [1.807, 2.05) is 0 Å². The number of hydrogen-bond acceptors (Lipinski definition) is 2. The molecule has 0 bridgehead atoms. The lowest BCUT2D eigenvalue weighted by Crippen LogP contribution is -2.31. The van der Waals surface area contributed by atoms with Gasteiger partial charge in [0, 0.05) is 10.7 Å². The molecule has 92 valence electrons. The van der Waals surface area contributed by atoms with Gasteiger partial charge in [0.25, 0.3) is 0 Å². The second-order valence-corrected chi connectivity index (χ2v) is 4.02. The van der Waals surface area contributed by atoms with Crippen LogP contribution in [0.2, 0.25) is 5.02 Å². The first-order chi connectivity index (χ1) is 8.66. The molecule has 2 aromatic rings. The van der Waals surface area contributed by atoms with E-state index in [1.54, 1.807) is 54.6 Å². The summed E-state index contributed by atoms with van der Waals surface area (Å²) in [5.41, 5.74) is 0.902. The van der Waals surface area contributed by atoms with Crippen molar-refractivity contribution in [2.75, 3.05) is 10.4 Å². The van der Waals surface area contributed by atoms with Gasteiger partial charge >= 0.3 is 6.03 Å². The summed E-state index contributed by atoms with van der Waals surface area (Å²) in [5.74, 6) is 0. The number of benzene rings is 2. The van der Waals surface area contributed by atoms with Crippen LogP contribution >= 0.6 is 11.6 Å². The number of halogens is 1. The van der Waals surface area contributed by atoms with E-state index < -0.39 is 6.03 Å². The number of amides is 2. The van der Waals surface area contributed by atoms with Crippen molar-refractivity contribution < 1.29 is 10.0 Å². The molecule has 0 saturated heterocycles. The van der Waals surface area contributed by atoms with Crippen LogP contribution in [0.5, 0.6) is 0 Å². The number of hydroxylamine groups is 1. The Morgan fingerprint density at radius 1 is 1.11 bits per heavy atom. The third-order valence-corrected chi connectivity index (χ3v) is 2.50. The number of carbonyl (C=O) groups is 1. The zero-order valence-corrected chi connectivity index (χ0v) is 10.1. The minimum atomic E-state index is -0.650. The van der Waals surface area contributed by atoms with Crippen molar-refractivity contribution in [3.05, 3.63) is 59.6 Å². The summed E-state index contributed by atoms with van der Waals surface area (Å²) in [4.78, 5) is 11.7. The van der Waals surface area contributed by atoms with E-state index in [2.05, 4.69) is 5.32 Å². The summed E-state index contributed by atoms with van der Waals surface area (Å²) in [6.45, 7) is 0. The number of nitrogens with zero attached hydrogens (tertiary/aromatic N) is 1. The zero-order valence-electron chi connectivity index (χ0n) is 9.38. The molecule has 18 heavy (non-hydrogen) atoms. The highest BCUT2D eigenvalue weighted by Crippen LogP contribution is 2.17. The molecular weight excluding hydrogens is 252 g/mol. The number of anilines is 2. The third kappa shape index (κ3) is 3.00. The van der Waals surface area contributed by atoms with Gasteiger partial charge in [-0.25, -0.2) is 4.79 Å². The first kappa shape index (κ1) is 12.4. The molecule has 2 aromatic carbocycles. The SMILES string of the molecule is O=C(Nc1cccc(Cl)c1)N(O)c1ccccc1. The average Bonchev–Trinajstić information content (AvgIpc) is 2.39. The molecule has 0 unspecified atom stereocenters. The average molecular weight is 263 g/mol. The molecule has 4 nitrogen and oxygen atoms in total. The summed E-state index contributed by atoms with van der Waals surface area (Å²) >= 11 is 5.80. The minimum absolute atomic E-state index is 0.386. The quantitative estimate of drug-likeness (QED) is 0.639. The number of urea groups is 1. The lowest BCUT2D eigenvalue weighted by Gasteiger charge is -2.15. The molecule has 0 saturated carbocycles. The Morgan fingerprint density at radius 2 is 1.83 bits per heavy atom. The van der Waals surface area contributed by atoms with E-state index in [-0.39, 0.29) is 0 Å². The molecule has 0 aliphatic heterocycles. The summed E-state index contributed by atoms with van der Waals surface area (Å²) in [6.07, 6.45) is 0. The second kappa shape index (κ2) is 5.53. The van der Waals surface area contributed by atoms with Crippen molar-refractivity contribution in [3.63, 3.8) is 0 Å². The number of carbonyl (C=O) groups excluding carboxylic acids is 1. The maximum Gasteiger partial charge on any atom is 0.350 e. The van der Waals surface area contributed by atoms with Crippen LogP contribution in [0.4, 0.5) is 16.2 Å². The number of rotatable bonds is 2. The molecule has 5 heteroatoms. The van der Waals surface area contributed by atoms with Gasteiger partial charge in [-0.15, -0.1) is 0 Å². The topological polar surface area (TPSA) is 52.6 Å². The van der Waals surface area contributed by atoms with Crippen molar-refractivity contribution >= 4 is 29.0 Å². The van der Waals surface area contributed by atoms with E-state index in [4.69, 9.17) is 11.6 Å². The fourth-order valence-electron chi connectivity index (χ4n) is 1.43. The maximum atomic E-state index is 11.7. The summed E-state index contributed by atoms with van der Waals surface area (Å²) < 4.78 is 0. The summed E-state index contributed by atoms with van der Waals surface area (Å²) in [5, 5.41) is 13.3. The lowest BCUT2D eigenvalue weighted by molar-refractivity contribution is 0.216.